The molecule has 1 spiro atoms. The lowest BCUT2D eigenvalue weighted by atomic mass is 9.58. The Hall–Kier alpha value is -3.44. The van der Waals surface area contributed by atoms with Crippen LogP contribution in [0.15, 0.2) is 66.9 Å². The fraction of sp³-hybridized carbons (Fsp3) is 0.333. The number of aryl methyl sites for hydroxylation is 1. The zero-order chi connectivity index (χ0) is 24.2. The largest absolute Gasteiger partial charge is 0.330 e. The normalized spacial score (nSPS) is 16.7. The number of rotatable bonds is 3. The molecule has 1 N–H and O–H groups in total. The van der Waals surface area contributed by atoms with Crippen molar-refractivity contribution in [2.45, 2.75) is 32.6 Å². The molecule has 7 rings (SSSR count). The topological polar surface area (TPSA) is 47.7 Å². The van der Waals surface area contributed by atoms with Gasteiger partial charge in [0, 0.05) is 49.6 Å². The number of nitrogens with zero attached hydrogens (tertiary/aromatic N) is 4. The first-order chi connectivity index (χ1) is 17.1. The molecule has 0 radical (unpaired) electrons. The molecule has 2 fully saturated rings. The lowest BCUT2D eigenvalue weighted by Gasteiger charge is -2.54. The van der Waals surface area contributed by atoms with Crippen molar-refractivity contribution in [3.63, 3.8) is 0 Å². The molecular weight excluding hydrogens is 430 g/mol. The number of fused-ring (bicyclic) bond motifs is 2. The van der Waals surface area contributed by atoms with Crippen LogP contribution in [-0.4, -0.2) is 32.4 Å². The van der Waals surface area contributed by atoms with Crippen LogP contribution in [0.4, 0.5) is 0 Å². The Kier molecular flexibility index (Phi) is 5.26. The van der Waals surface area contributed by atoms with Gasteiger partial charge in [0.05, 0.1) is 23.1 Å². The molecule has 0 unspecified atom stereocenters. The van der Waals surface area contributed by atoms with Gasteiger partial charge in [0.1, 0.15) is 5.82 Å². The van der Waals surface area contributed by atoms with E-state index >= 15 is 0 Å². The minimum atomic E-state index is 0.519. The first kappa shape index (κ1) is 22.1. The Balaban J connectivity index is 0.00000112. The second-order valence-electron chi connectivity index (χ2n) is 10.0. The smallest absolute Gasteiger partial charge is 0.112 e. The predicted octanol–water partition coefficient (Wildman–Crippen LogP) is 6.29. The summed E-state index contributed by atoms with van der Waals surface area (Å²) in [6, 6.07) is 21.9. The first-order valence-electron chi connectivity index (χ1n) is 12.8. The van der Waals surface area contributed by atoms with E-state index in [1.807, 2.05) is 31.8 Å². The Bertz CT molecular complexity index is 1520. The molecule has 1 saturated heterocycles. The maximum absolute atomic E-state index is 5.34. The molecule has 5 nitrogen and oxygen atoms in total. The van der Waals surface area contributed by atoms with Gasteiger partial charge in [-0.25, -0.2) is 4.98 Å². The van der Waals surface area contributed by atoms with Gasteiger partial charge < -0.3 is 9.88 Å². The summed E-state index contributed by atoms with van der Waals surface area (Å²) in [5.41, 5.74) is 6.33. The number of hydrogen-bond acceptors (Lipinski definition) is 3. The van der Waals surface area contributed by atoms with Gasteiger partial charge in [-0.15, -0.1) is 0 Å². The van der Waals surface area contributed by atoms with Crippen molar-refractivity contribution >= 4 is 21.7 Å². The molecule has 3 heterocycles. The van der Waals surface area contributed by atoms with Gasteiger partial charge >= 0.3 is 0 Å². The van der Waals surface area contributed by atoms with Crippen molar-refractivity contribution < 1.29 is 0 Å². The summed E-state index contributed by atoms with van der Waals surface area (Å²) in [5.74, 6) is 1.75. The summed E-state index contributed by atoms with van der Waals surface area (Å²) in [6.45, 7) is 6.32. The molecule has 5 heteroatoms. The van der Waals surface area contributed by atoms with Crippen LogP contribution < -0.4 is 5.32 Å². The van der Waals surface area contributed by atoms with Gasteiger partial charge in [0.15, 0.2) is 0 Å². The Morgan fingerprint density at radius 2 is 1.69 bits per heavy atom. The molecule has 178 valence electrons. The minimum Gasteiger partial charge on any atom is -0.330 e. The van der Waals surface area contributed by atoms with Crippen LogP contribution in [0, 0.1) is 5.41 Å². The molecule has 0 atom stereocenters. The average molecular weight is 464 g/mol. The van der Waals surface area contributed by atoms with Gasteiger partial charge in [-0.3, -0.25) is 4.68 Å². The lowest BCUT2D eigenvalue weighted by molar-refractivity contribution is 0.0321. The summed E-state index contributed by atoms with van der Waals surface area (Å²) >= 11 is 0. The standard InChI is InChI=1S/C28H27N5.C2H6/c1-32-26(23-9-5-7-18-6-3-4-8-22(18)23)25(19-10-11-24-20(12-19)15-30-33(24)2)31-27(32)21-13-28(14-21)16-29-17-28;1-2/h3-12,15,21,29H,13-14,16-17H2,1-2H3;1-2H3. The molecule has 1 aliphatic heterocycles. The molecule has 1 saturated carbocycles. The molecule has 3 aromatic carbocycles. The van der Waals surface area contributed by atoms with Crippen molar-refractivity contribution in [1.29, 1.82) is 0 Å². The molecule has 2 aromatic heterocycles. The van der Waals surface area contributed by atoms with E-state index in [9.17, 15) is 0 Å². The number of nitrogens with one attached hydrogen (secondary N) is 1. The Morgan fingerprint density at radius 3 is 2.46 bits per heavy atom. The fourth-order valence-corrected chi connectivity index (χ4v) is 6.07. The van der Waals surface area contributed by atoms with E-state index in [-0.39, 0.29) is 0 Å². The van der Waals surface area contributed by atoms with Crippen molar-refractivity contribution in [3.8, 4) is 22.5 Å². The van der Waals surface area contributed by atoms with Crippen LogP contribution >= 0.6 is 0 Å². The highest BCUT2D eigenvalue weighted by Gasteiger charge is 2.50. The van der Waals surface area contributed by atoms with Crippen LogP contribution in [0.1, 0.15) is 38.4 Å². The van der Waals surface area contributed by atoms with Crippen molar-refractivity contribution in [2.75, 3.05) is 13.1 Å². The van der Waals surface area contributed by atoms with E-state index in [2.05, 4.69) is 82.7 Å². The zero-order valence-corrected chi connectivity index (χ0v) is 21.0. The van der Waals surface area contributed by atoms with Crippen LogP contribution in [-0.2, 0) is 14.1 Å². The number of hydrogen-bond donors (Lipinski definition) is 1. The van der Waals surface area contributed by atoms with Crippen molar-refractivity contribution in [2.24, 2.45) is 19.5 Å². The molecular formula is C30H33N5. The summed E-state index contributed by atoms with van der Waals surface area (Å²) in [6.07, 6.45) is 4.42. The molecule has 35 heavy (non-hydrogen) atoms. The summed E-state index contributed by atoms with van der Waals surface area (Å²) in [5, 5.41) is 11.6. The van der Waals surface area contributed by atoms with Crippen molar-refractivity contribution in [3.05, 3.63) is 72.7 Å². The van der Waals surface area contributed by atoms with Gasteiger partial charge in [0.25, 0.3) is 0 Å². The fourth-order valence-electron chi connectivity index (χ4n) is 6.07. The summed E-state index contributed by atoms with van der Waals surface area (Å²) in [7, 11) is 4.19. The highest BCUT2D eigenvalue weighted by Crippen LogP contribution is 2.54. The lowest BCUT2D eigenvalue weighted by Crippen LogP contribution is -2.59. The van der Waals surface area contributed by atoms with Gasteiger partial charge in [-0.05, 0) is 41.2 Å². The second kappa shape index (κ2) is 8.35. The van der Waals surface area contributed by atoms with Gasteiger partial charge in [-0.2, -0.15) is 5.10 Å². The third-order valence-electron chi connectivity index (χ3n) is 7.92. The van der Waals surface area contributed by atoms with E-state index in [4.69, 9.17) is 4.98 Å². The average Bonchev–Trinajstić information content (AvgIpc) is 3.38. The van der Waals surface area contributed by atoms with E-state index in [1.54, 1.807) is 0 Å². The molecule has 5 aromatic rings. The van der Waals surface area contributed by atoms with E-state index < -0.39 is 0 Å². The van der Waals surface area contributed by atoms with E-state index in [1.165, 1.54) is 40.7 Å². The van der Waals surface area contributed by atoms with Crippen LogP contribution in [0.25, 0.3) is 44.2 Å². The summed E-state index contributed by atoms with van der Waals surface area (Å²) in [4.78, 5) is 5.34. The van der Waals surface area contributed by atoms with E-state index in [0.29, 0.717) is 11.3 Å². The third-order valence-corrected chi connectivity index (χ3v) is 7.92. The van der Waals surface area contributed by atoms with Crippen LogP contribution in [0.5, 0.6) is 0 Å². The predicted molar refractivity (Wildman–Crippen MR) is 144 cm³/mol. The number of imidazole rings is 1. The molecule has 0 bridgehead atoms. The molecule has 1 aliphatic carbocycles. The second-order valence-corrected chi connectivity index (χ2v) is 10.0. The van der Waals surface area contributed by atoms with Crippen LogP contribution in [0.2, 0.25) is 0 Å². The molecule has 0 amide bonds. The Labute approximate surface area is 206 Å². The number of aromatic nitrogens is 4. The maximum atomic E-state index is 5.34. The minimum absolute atomic E-state index is 0.519. The first-order valence-corrected chi connectivity index (χ1v) is 12.8. The number of benzene rings is 3. The molecule has 2 aliphatic rings. The zero-order valence-electron chi connectivity index (χ0n) is 21.0. The monoisotopic (exact) mass is 463 g/mol. The highest BCUT2D eigenvalue weighted by molar-refractivity contribution is 5.99. The Morgan fingerprint density at radius 1 is 0.914 bits per heavy atom. The summed E-state index contributed by atoms with van der Waals surface area (Å²) < 4.78 is 4.29. The van der Waals surface area contributed by atoms with E-state index in [0.717, 1.165) is 35.2 Å². The SMILES string of the molecule is CC.Cn1c(C2CC3(CNC3)C2)nc(-c2ccc3c(cnn3C)c2)c1-c1cccc2ccccc12. The van der Waals surface area contributed by atoms with Crippen LogP contribution in [0.3, 0.4) is 0 Å². The third kappa shape index (κ3) is 3.41. The quantitative estimate of drug-likeness (QED) is 0.342. The highest BCUT2D eigenvalue weighted by atomic mass is 15.2. The van der Waals surface area contributed by atoms with Crippen molar-refractivity contribution in [1.82, 2.24) is 24.6 Å². The van der Waals surface area contributed by atoms with Gasteiger partial charge in [0.2, 0.25) is 0 Å². The maximum Gasteiger partial charge on any atom is 0.112 e. The van der Waals surface area contributed by atoms with Gasteiger partial charge in [-0.1, -0.05) is 62.4 Å².